The number of methoxy groups -OCH3 is 1. The highest BCUT2D eigenvalue weighted by Gasteiger charge is 2.38. The molecule has 0 amide bonds. The lowest BCUT2D eigenvalue weighted by Gasteiger charge is -2.20. The highest BCUT2D eigenvalue weighted by Crippen LogP contribution is 2.34. The van der Waals surface area contributed by atoms with E-state index < -0.39 is 0 Å². The second-order valence-corrected chi connectivity index (χ2v) is 6.39. The van der Waals surface area contributed by atoms with E-state index in [2.05, 4.69) is 32.2 Å². The summed E-state index contributed by atoms with van der Waals surface area (Å²) in [6, 6.07) is 3.92. The minimum atomic E-state index is 0.445. The fourth-order valence-electron chi connectivity index (χ4n) is 3.47. The van der Waals surface area contributed by atoms with Gasteiger partial charge in [-0.2, -0.15) is 14.6 Å². The Morgan fingerprint density at radius 2 is 2.27 bits per heavy atom. The van der Waals surface area contributed by atoms with E-state index in [-0.39, 0.29) is 0 Å². The standard InChI is InChI=1S/C15H22N6O/c1-10-5-11(7-20(10)13-3-4-13)18-14-6-12(8-22-2)19-15-16-9-17-21(14)15/h6,9-11,13,18H,3-5,7-8H2,1-2H3. The molecule has 1 aliphatic carbocycles. The molecule has 1 N–H and O–H groups in total. The first-order chi connectivity index (χ1) is 10.7. The summed E-state index contributed by atoms with van der Waals surface area (Å²) in [4.78, 5) is 11.3. The van der Waals surface area contributed by atoms with E-state index in [1.807, 2.05) is 6.07 Å². The average molecular weight is 302 g/mol. The maximum Gasteiger partial charge on any atom is 0.254 e. The van der Waals surface area contributed by atoms with Crippen LogP contribution in [0.25, 0.3) is 5.78 Å². The smallest absolute Gasteiger partial charge is 0.254 e. The monoisotopic (exact) mass is 302 g/mol. The Morgan fingerprint density at radius 3 is 3.05 bits per heavy atom. The van der Waals surface area contributed by atoms with Gasteiger partial charge in [0, 0.05) is 37.8 Å². The topological polar surface area (TPSA) is 67.6 Å². The third kappa shape index (κ3) is 2.55. The normalized spacial score (nSPS) is 25.9. The number of anilines is 1. The van der Waals surface area contributed by atoms with Crippen LogP contribution < -0.4 is 5.32 Å². The molecule has 3 heterocycles. The molecule has 7 nitrogen and oxygen atoms in total. The van der Waals surface area contributed by atoms with Crippen LogP contribution in [-0.4, -0.2) is 56.3 Å². The summed E-state index contributed by atoms with van der Waals surface area (Å²) in [5, 5.41) is 7.91. The highest BCUT2D eigenvalue weighted by molar-refractivity contribution is 5.45. The Labute approximate surface area is 129 Å². The van der Waals surface area contributed by atoms with Gasteiger partial charge in [-0.1, -0.05) is 0 Å². The van der Waals surface area contributed by atoms with E-state index in [1.54, 1.807) is 11.6 Å². The van der Waals surface area contributed by atoms with E-state index in [9.17, 15) is 0 Å². The van der Waals surface area contributed by atoms with Gasteiger partial charge in [0.15, 0.2) is 0 Å². The van der Waals surface area contributed by atoms with E-state index >= 15 is 0 Å². The number of nitrogens with zero attached hydrogens (tertiary/aromatic N) is 5. The van der Waals surface area contributed by atoms with Crippen molar-refractivity contribution < 1.29 is 4.74 Å². The van der Waals surface area contributed by atoms with Crippen molar-refractivity contribution >= 4 is 11.6 Å². The fraction of sp³-hybridized carbons (Fsp3) is 0.667. The molecule has 0 bridgehead atoms. The Kier molecular flexibility index (Phi) is 3.46. The highest BCUT2D eigenvalue weighted by atomic mass is 16.5. The molecule has 1 saturated heterocycles. The zero-order valence-electron chi connectivity index (χ0n) is 13.1. The van der Waals surface area contributed by atoms with Gasteiger partial charge in [-0.15, -0.1) is 0 Å². The van der Waals surface area contributed by atoms with Crippen molar-refractivity contribution in [2.24, 2.45) is 0 Å². The van der Waals surface area contributed by atoms with Crippen molar-refractivity contribution in [1.82, 2.24) is 24.5 Å². The number of likely N-dealkylation sites (tertiary alicyclic amines) is 1. The second-order valence-electron chi connectivity index (χ2n) is 6.39. The van der Waals surface area contributed by atoms with Crippen molar-refractivity contribution in [3.8, 4) is 0 Å². The summed E-state index contributed by atoms with van der Waals surface area (Å²) in [5.41, 5.74) is 0.871. The molecule has 2 aromatic heterocycles. The predicted octanol–water partition coefficient (Wildman–Crippen LogP) is 1.31. The minimum Gasteiger partial charge on any atom is -0.378 e. The SMILES string of the molecule is COCc1cc(NC2CC(C)N(C3CC3)C2)n2ncnc2n1. The molecule has 2 fully saturated rings. The number of nitrogens with one attached hydrogen (secondary N) is 1. The molecule has 0 spiro atoms. The van der Waals surface area contributed by atoms with Crippen LogP contribution in [0.2, 0.25) is 0 Å². The largest absolute Gasteiger partial charge is 0.378 e. The third-order valence-corrected chi connectivity index (χ3v) is 4.59. The average Bonchev–Trinajstić information content (AvgIpc) is 3.10. The van der Waals surface area contributed by atoms with Crippen molar-refractivity contribution in [1.29, 1.82) is 0 Å². The van der Waals surface area contributed by atoms with E-state index in [1.165, 1.54) is 19.2 Å². The quantitative estimate of drug-likeness (QED) is 0.898. The van der Waals surface area contributed by atoms with Gasteiger partial charge in [-0.25, -0.2) is 4.98 Å². The van der Waals surface area contributed by atoms with Crippen LogP contribution in [0.5, 0.6) is 0 Å². The van der Waals surface area contributed by atoms with Crippen LogP contribution in [0.1, 0.15) is 31.9 Å². The molecular formula is C15H22N6O. The third-order valence-electron chi connectivity index (χ3n) is 4.59. The molecule has 2 aromatic rings. The zero-order valence-corrected chi connectivity index (χ0v) is 13.1. The van der Waals surface area contributed by atoms with Crippen molar-refractivity contribution in [3.63, 3.8) is 0 Å². The van der Waals surface area contributed by atoms with Crippen LogP contribution in [0.4, 0.5) is 5.82 Å². The fourth-order valence-corrected chi connectivity index (χ4v) is 3.47. The first-order valence-corrected chi connectivity index (χ1v) is 7.95. The van der Waals surface area contributed by atoms with Gasteiger partial charge < -0.3 is 10.1 Å². The molecule has 118 valence electrons. The Hall–Kier alpha value is -1.73. The summed E-state index contributed by atoms with van der Waals surface area (Å²) in [7, 11) is 1.68. The predicted molar refractivity (Wildman–Crippen MR) is 82.7 cm³/mol. The van der Waals surface area contributed by atoms with Crippen molar-refractivity contribution in [2.75, 3.05) is 19.0 Å². The van der Waals surface area contributed by atoms with Crippen LogP contribution in [0.3, 0.4) is 0 Å². The van der Waals surface area contributed by atoms with Gasteiger partial charge in [0.2, 0.25) is 0 Å². The number of hydrogen-bond donors (Lipinski definition) is 1. The second kappa shape index (κ2) is 5.48. The van der Waals surface area contributed by atoms with Crippen molar-refractivity contribution in [2.45, 2.75) is 50.9 Å². The first-order valence-electron chi connectivity index (χ1n) is 7.95. The molecule has 2 aliphatic rings. The summed E-state index contributed by atoms with van der Waals surface area (Å²) >= 11 is 0. The number of hydrogen-bond acceptors (Lipinski definition) is 6. The van der Waals surface area contributed by atoms with Gasteiger partial charge in [-0.3, -0.25) is 4.90 Å². The molecular weight excluding hydrogens is 280 g/mol. The Balaban J connectivity index is 1.56. The Morgan fingerprint density at radius 1 is 1.41 bits per heavy atom. The summed E-state index contributed by atoms with van der Waals surface area (Å²) in [6.45, 7) is 3.91. The zero-order chi connectivity index (χ0) is 15.1. The molecule has 2 unspecified atom stereocenters. The van der Waals surface area contributed by atoms with Gasteiger partial charge in [-0.05, 0) is 26.2 Å². The molecule has 4 rings (SSSR count). The maximum atomic E-state index is 5.20. The van der Waals surface area contributed by atoms with Gasteiger partial charge in [0.25, 0.3) is 5.78 Å². The molecule has 22 heavy (non-hydrogen) atoms. The lowest BCUT2D eigenvalue weighted by atomic mass is 10.2. The number of ether oxygens (including phenoxy) is 1. The molecule has 2 atom stereocenters. The molecule has 1 saturated carbocycles. The number of rotatable bonds is 5. The van der Waals surface area contributed by atoms with E-state index in [0.29, 0.717) is 24.5 Å². The molecule has 1 aliphatic heterocycles. The maximum absolute atomic E-state index is 5.20. The van der Waals surface area contributed by atoms with Crippen LogP contribution in [0.15, 0.2) is 12.4 Å². The summed E-state index contributed by atoms with van der Waals surface area (Å²) < 4.78 is 6.96. The lowest BCUT2D eigenvalue weighted by molar-refractivity contribution is 0.181. The van der Waals surface area contributed by atoms with Gasteiger partial charge in [0.05, 0.1) is 12.3 Å². The van der Waals surface area contributed by atoms with E-state index in [0.717, 1.165) is 30.5 Å². The van der Waals surface area contributed by atoms with Crippen LogP contribution >= 0.6 is 0 Å². The number of fused-ring (bicyclic) bond motifs is 1. The summed E-state index contributed by atoms with van der Waals surface area (Å²) in [6.07, 6.45) is 5.42. The van der Waals surface area contributed by atoms with Crippen molar-refractivity contribution in [3.05, 3.63) is 18.1 Å². The molecule has 0 aromatic carbocycles. The number of aromatic nitrogens is 4. The molecule has 0 radical (unpaired) electrons. The Bertz CT molecular complexity index is 667. The molecule has 7 heteroatoms. The van der Waals surface area contributed by atoms with Crippen LogP contribution in [-0.2, 0) is 11.3 Å². The van der Waals surface area contributed by atoms with Gasteiger partial charge >= 0.3 is 0 Å². The first kappa shape index (κ1) is 13.9. The van der Waals surface area contributed by atoms with E-state index in [4.69, 9.17) is 4.74 Å². The van der Waals surface area contributed by atoms with Crippen LogP contribution in [0, 0.1) is 0 Å². The van der Waals surface area contributed by atoms with Gasteiger partial charge in [0.1, 0.15) is 12.1 Å². The lowest BCUT2D eigenvalue weighted by Crippen LogP contribution is -2.31. The summed E-state index contributed by atoms with van der Waals surface area (Å²) in [5.74, 6) is 1.56. The minimum absolute atomic E-state index is 0.445.